The van der Waals surface area contributed by atoms with E-state index in [9.17, 15) is 71.5 Å². The maximum absolute atomic E-state index is 12.8. The zero-order chi connectivity index (χ0) is 79.3. The van der Waals surface area contributed by atoms with Gasteiger partial charge in [-0.2, -0.15) is 0 Å². The van der Waals surface area contributed by atoms with E-state index < -0.39 is 229 Å². The summed E-state index contributed by atoms with van der Waals surface area (Å²) in [5.41, 5.74) is 0. The van der Waals surface area contributed by atoms with Gasteiger partial charge in [-0.3, -0.25) is 0 Å². The van der Waals surface area contributed by atoms with Crippen LogP contribution in [0, 0.1) is 0 Å². The summed E-state index contributed by atoms with van der Waals surface area (Å²) >= 11 is 0. The molecule has 0 radical (unpaired) electrons. The Kier molecular flexibility index (Phi) is 28.0. The lowest BCUT2D eigenvalue weighted by atomic mass is 9.95. The Morgan fingerprint density at radius 1 is 0.175 bits per heavy atom. The van der Waals surface area contributed by atoms with Crippen LogP contribution in [-0.2, 0) is 56.8 Å². The van der Waals surface area contributed by atoms with Gasteiger partial charge in [0.2, 0.25) is 0 Å². The first-order chi connectivity index (χ1) is 55.4. The molecule has 0 saturated carbocycles. The van der Waals surface area contributed by atoms with E-state index in [2.05, 4.69) is 0 Å². The predicted molar refractivity (Wildman–Crippen MR) is 423 cm³/mol. The minimum Gasteiger partial charge on any atom is -0.394 e. The zero-order valence-electron chi connectivity index (χ0n) is 61.6. The molecule has 22 aliphatic heterocycles. The number of hydrogen-bond donors (Lipinski definition) is 14. The van der Waals surface area contributed by atoms with Crippen molar-refractivity contribution >= 4 is 74.1 Å². The van der Waals surface area contributed by atoms with Crippen LogP contribution in [0.4, 0.5) is 0 Å². The highest BCUT2D eigenvalue weighted by Crippen LogP contribution is 2.47. The number of hydrogen-bond acceptors (Lipinski definition) is 26. The highest BCUT2D eigenvalue weighted by molar-refractivity contribution is 7.74. The predicted octanol–water partition coefficient (Wildman–Crippen LogP) is -0.492. The van der Waals surface area contributed by atoms with Gasteiger partial charge in [-0.15, -0.1) is 0 Å². The van der Waals surface area contributed by atoms with Crippen LogP contribution in [0.15, 0.2) is 243 Å². The van der Waals surface area contributed by atoms with Gasteiger partial charge in [-0.25, -0.2) is 0 Å². The molecule has 30 rings (SSSR count). The van der Waals surface area contributed by atoms with Gasteiger partial charge in [-0.05, 0) is 74.1 Å². The fraction of sp³-hybridized carbons (Fsp3) is 0.429. The topological polar surface area (TPSA) is 394 Å². The zero-order valence-corrected chi connectivity index (χ0v) is 65.2. The fourth-order valence-corrected chi connectivity index (χ4v) is 25.7. The molecule has 22 heterocycles. The number of aliphatic hydroxyl groups excluding tert-OH is 14. The van der Waals surface area contributed by atoms with Gasteiger partial charge in [0.25, 0.3) is 0 Å². The van der Waals surface area contributed by atoms with Crippen LogP contribution in [-0.4, -0.2) is 294 Å². The second-order valence-electron chi connectivity index (χ2n) is 29.2. The molecule has 0 amide bonds. The van der Waals surface area contributed by atoms with E-state index in [1.807, 2.05) is 243 Å². The Balaban J connectivity index is 0.829. The molecule has 0 unspecified atom stereocenters. The summed E-state index contributed by atoms with van der Waals surface area (Å²) in [4.78, 5) is 0. The summed E-state index contributed by atoms with van der Waals surface area (Å²) in [6.07, 6.45) is -55.7. The van der Waals surface area contributed by atoms with Crippen LogP contribution in [0.2, 0.25) is 0 Å². The highest BCUT2D eigenvalue weighted by Gasteiger charge is 2.60. The maximum Gasteiger partial charge on any atom is 0.187 e. The number of benzene rings is 8. The molecular weight excluding hydrogens is 1550 g/mol. The van der Waals surface area contributed by atoms with Gasteiger partial charge in [0.05, 0.1) is 37.6 Å². The first-order valence-corrected chi connectivity index (χ1v) is 44.3. The quantitative estimate of drug-likeness (QED) is 0.0482. The van der Waals surface area contributed by atoms with Crippen molar-refractivity contribution in [1.82, 2.24) is 0 Å². The van der Waals surface area contributed by atoms with Crippen molar-refractivity contribution in [3.8, 4) is 0 Å². The molecular formula is C84H96O26P4. The molecule has 608 valence electrons. The lowest BCUT2D eigenvalue weighted by Crippen LogP contribution is -2.69. The Morgan fingerprint density at radius 3 is 0.447 bits per heavy atom. The van der Waals surface area contributed by atoms with Crippen molar-refractivity contribution in [1.29, 1.82) is 0 Å². The Labute approximate surface area is 663 Å². The van der Waals surface area contributed by atoms with E-state index in [1.54, 1.807) is 0 Å². The third-order valence-corrected chi connectivity index (χ3v) is 32.2. The third kappa shape index (κ3) is 18.3. The van der Waals surface area contributed by atoms with Gasteiger partial charge >= 0.3 is 0 Å². The van der Waals surface area contributed by atoms with E-state index >= 15 is 0 Å². The third-order valence-electron chi connectivity index (χ3n) is 21.9. The van der Waals surface area contributed by atoms with E-state index in [0.717, 1.165) is 42.4 Å². The van der Waals surface area contributed by atoms with Gasteiger partial charge in [-0.1, -0.05) is 243 Å². The highest BCUT2D eigenvalue weighted by atomic mass is 31.1. The molecule has 22 fully saturated rings. The summed E-state index contributed by atoms with van der Waals surface area (Å²) in [6.45, 7) is -1.89. The minimum absolute atomic E-state index is 0.00797. The maximum atomic E-state index is 12.8. The van der Waals surface area contributed by atoms with Gasteiger partial charge in [0.15, 0.2) is 37.7 Å². The molecule has 22 saturated heterocycles. The fourth-order valence-electron chi connectivity index (χ4n) is 16.0. The van der Waals surface area contributed by atoms with Crippen molar-refractivity contribution in [3.63, 3.8) is 0 Å². The summed E-state index contributed by atoms with van der Waals surface area (Å²) in [5, 5.41) is 181. The largest absolute Gasteiger partial charge is 0.394 e. The average Bonchev–Trinajstić information content (AvgIpc) is 0.767. The van der Waals surface area contributed by atoms with Crippen LogP contribution in [0.3, 0.4) is 0 Å². The Morgan fingerprint density at radius 2 is 0.307 bits per heavy atom. The lowest BCUT2D eigenvalue weighted by Gasteiger charge is -2.51. The molecule has 114 heavy (non-hydrogen) atoms. The van der Waals surface area contributed by atoms with Crippen molar-refractivity contribution < 1.29 is 128 Å². The monoisotopic (exact) mass is 1640 g/mol. The molecule has 30 atom stereocenters. The van der Waals surface area contributed by atoms with Crippen molar-refractivity contribution in [2.75, 3.05) is 37.9 Å². The van der Waals surface area contributed by atoms with Crippen LogP contribution >= 0.6 is 31.7 Å². The van der Waals surface area contributed by atoms with Crippen LogP contribution in [0.1, 0.15) is 0 Å². The number of ether oxygens (including phenoxy) is 12. The summed E-state index contributed by atoms with van der Waals surface area (Å²) in [6, 6.07) is 75.3. The first kappa shape index (κ1) is 83.5. The van der Waals surface area contributed by atoms with Gasteiger partial charge in [0.1, 0.15) is 122 Å². The second-order valence-corrected chi connectivity index (χ2v) is 38.3. The SMILES string of the molecule is OC[C@H]1O[C@@H]2O[C@H]3[C@H](O)[C@@H](O)[C@@H](O[C@H]4[C@H](O)[C@@H](O)[C@@H](O[C@H]5[C@H](O)[C@@H](O)[C@@H](O[C@H]6[C@H](O)[C@@H](O)[C@@H](O[C@H]7[C@H](O)[C@@H](O)[C@@H](O[C@H]1[C@H](O)[C@H]2O)O[C@@H]7CP(c1ccccc1)c1ccccc1)O[C@@H]6CP(c1ccccc1)c1ccccc1)O[C@@H]5CO)O[C@@H]4CP(c1ccccc1)c1ccccc1)O[C@@H]3CP(c1ccccc1)c1ccccc1. The van der Waals surface area contributed by atoms with E-state index in [0.29, 0.717) is 0 Å². The summed E-state index contributed by atoms with van der Waals surface area (Å²) in [5.74, 6) is 0. The van der Waals surface area contributed by atoms with Crippen LogP contribution in [0.25, 0.3) is 0 Å². The molecule has 30 heteroatoms. The molecule has 0 aromatic heterocycles. The second kappa shape index (κ2) is 38.2. The van der Waals surface area contributed by atoms with Gasteiger partial charge < -0.3 is 128 Å². The molecule has 8 aromatic rings. The van der Waals surface area contributed by atoms with E-state index in [-0.39, 0.29) is 24.6 Å². The molecule has 14 N–H and O–H groups in total. The first-order valence-electron chi connectivity index (χ1n) is 38.2. The van der Waals surface area contributed by atoms with Crippen molar-refractivity contribution in [2.45, 2.75) is 184 Å². The number of rotatable bonds is 18. The standard InChI is InChI=1S/C84H96O26P4/c85-41-55-73-61(87)67(93)79(99-55)107-75-57(43-111(47-25-9-1-10-26-47)48-27-11-2-12-28-48)103-83(71(97)65(75)91)109-77-59(45-113(51-33-17-5-18-34-51)52-35-19-6-20-36-52)101-81(69(95)63(77)89)106-74-56(42-86)100-80(68(94)62(74)88)108-76-58(44-112(49-29-13-3-14-30-49)50-31-15-4-16-32-50)104-84(72(98)66(76)92)110-78-60(102-82(105-73)70(96)64(78)90)46-114(53-37-21-7-22-38-53)54-39-23-8-24-40-54/h1-40,55-98H,41-46H2/t55-,56-,57-,58-,59-,60-,61-,62-,63-,64-,65-,66-,67-,68-,69-,70-,71-,72-,73-,74-,75-,76-,77-,78-,79-,80-,81-,82-,83-,84-/m1/s1. The minimum atomic E-state index is -2.12. The van der Waals surface area contributed by atoms with Crippen LogP contribution < -0.4 is 42.4 Å². The molecule has 26 nitrogen and oxygen atoms in total. The van der Waals surface area contributed by atoms with Gasteiger partial charge in [0, 0.05) is 24.6 Å². The van der Waals surface area contributed by atoms with Crippen molar-refractivity contribution in [3.05, 3.63) is 243 Å². The van der Waals surface area contributed by atoms with Crippen LogP contribution in [0.5, 0.6) is 0 Å². The average molecular weight is 1650 g/mol. The Hall–Kier alpha value is -5.56. The Bertz CT molecular complexity index is 3650. The molecule has 8 aromatic carbocycles. The summed E-state index contributed by atoms with van der Waals surface area (Å²) < 4.78 is 80.0. The number of aliphatic hydroxyl groups is 14. The van der Waals surface area contributed by atoms with Crippen molar-refractivity contribution in [2.24, 2.45) is 0 Å². The normalized spacial score (nSPS) is 37.0. The summed E-state index contributed by atoms with van der Waals surface area (Å²) in [7, 11) is -6.01. The lowest BCUT2D eigenvalue weighted by molar-refractivity contribution is -0.399. The van der Waals surface area contributed by atoms with E-state index in [1.165, 1.54) is 0 Å². The molecule has 0 aliphatic carbocycles. The van der Waals surface area contributed by atoms with E-state index in [4.69, 9.17) is 56.8 Å². The molecule has 0 spiro atoms. The smallest absolute Gasteiger partial charge is 0.187 e. The molecule has 22 aliphatic rings. The molecule has 12 bridgehead atoms.